The van der Waals surface area contributed by atoms with Crippen molar-refractivity contribution in [1.82, 2.24) is 14.7 Å². The number of likely N-dealkylation sites (N-methyl/N-ethyl adjacent to an activating group) is 1. The number of hydrogen-bond donors (Lipinski definition) is 0. The summed E-state index contributed by atoms with van der Waals surface area (Å²) in [6.07, 6.45) is 4.27. The van der Waals surface area contributed by atoms with Crippen molar-refractivity contribution in [2.24, 2.45) is 0 Å². The van der Waals surface area contributed by atoms with E-state index in [1.165, 1.54) is 58.5 Å². The van der Waals surface area contributed by atoms with E-state index in [4.69, 9.17) is 0 Å². The molecule has 0 aromatic rings. The quantitative estimate of drug-likeness (QED) is 0.731. The van der Waals surface area contributed by atoms with Gasteiger partial charge in [0.2, 0.25) is 0 Å². The summed E-state index contributed by atoms with van der Waals surface area (Å²) in [5, 5.41) is 0. The van der Waals surface area contributed by atoms with E-state index >= 15 is 0 Å². The molecule has 0 radical (unpaired) electrons. The van der Waals surface area contributed by atoms with Crippen LogP contribution in [0.15, 0.2) is 0 Å². The molecule has 0 aromatic carbocycles. The fourth-order valence-electron chi connectivity index (χ4n) is 4.14. The Morgan fingerprint density at radius 2 is 1.53 bits per heavy atom. The number of nitrogens with zero attached hydrogens (tertiary/aromatic N) is 3. The van der Waals surface area contributed by atoms with Gasteiger partial charge in [0, 0.05) is 31.2 Å². The van der Waals surface area contributed by atoms with Crippen molar-refractivity contribution in [2.75, 3.05) is 39.3 Å². The first-order valence-electron chi connectivity index (χ1n) is 7.54. The van der Waals surface area contributed by atoms with Crippen molar-refractivity contribution in [3.05, 3.63) is 0 Å². The summed E-state index contributed by atoms with van der Waals surface area (Å²) >= 11 is 0. The maximum atomic E-state index is 2.80. The standard InChI is InChI=1S/C14H27N3/c1-3-15-7-5-12(6-8-15)16-10-13-9-14(11-16)17(13)4-2/h12-14H,3-11H2,1-2H3. The average Bonchev–Trinajstić information content (AvgIpc) is 2.39. The van der Waals surface area contributed by atoms with Crippen molar-refractivity contribution < 1.29 is 0 Å². The summed E-state index contributed by atoms with van der Waals surface area (Å²) in [6.45, 7) is 12.4. The van der Waals surface area contributed by atoms with E-state index in [1.807, 2.05) is 0 Å². The van der Waals surface area contributed by atoms with Crippen LogP contribution < -0.4 is 0 Å². The number of piperidine rings is 2. The van der Waals surface area contributed by atoms with Crippen LogP contribution in [0, 0.1) is 0 Å². The Hall–Kier alpha value is -0.120. The third-order valence-electron chi connectivity index (χ3n) is 5.26. The lowest BCUT2D eigenvalue weighted by atomic mass is 9.85. The van der Waals surface area contributed by atoms with Crippen molar-refractivity contribution in [3.63, 3.8) is 0 Å². The van der Waals surface area contributed by atoms with Gasteiger partial charge in [-0.05, 0) is 45.4 Å². The van der Waals surface area contributed by atoms with Gasteiger partial charge >= 0.3 is 0 Å². The second-order valence-electron chi connectivity index (χ2n) is 5.99. The summed E-state index contributed by atoms with van der Waals surface area (Å²) < 4.78 is 0. The largest absolute Gasteiger partial charge is 0.303 e. The van der Waals surface area contributed by atoms with Gasteiger partial charge in [-0.1, -0.05) is 13.8 Å². The van der Waals surface area contributed by atoms with Gasteiger partial charge in [0.05, 0.1) is 0 Å². The van der Waals surface area contributed by atoms with Gasteiger partial charge in [-0.25, -0.2) is 0 Å². The molecule has 3 nitrogen and oxygen atoms in total. The molecule has 4 fully saturated rings. The highest BCUT2D eigenvalue weighted by atomic mass is 15.4. The lowest BCUT2D eigenvalue weighted by Gasteiger charge is -2.58. The van der Waals surface area contributed by atoms with Crippen molar-refractivity contribution in [3.8, 4) is 0 Å². The molecule has 98 valence electrons. The number of fused-ring (bicyclic) bond motifs is 2. The van der Waals surface area contributed by atoms with Crippen molar-refractivity contribution in [2.45, 2.75) is 51.2 Å². The number of likely N-dealkylation sites (tertiary alicyclic amines) is 1. The van der Waals surface area contributed by atoms with Gasteiger partial charge in [-0.3, -0.25) is 9.80 Å². The second-order valence-corrected chi connectivity index (χ2v) is 5.99. The number of rotatable bonds is 3. The van der Waals surface area contributed by atoms with Crippen LogP contribution in [0.5, 0.6) is 0 Å². The molecule has 0 aromatic heterocycles. The molecule has 17 heavy (non-hydrogen) atoms. The van der Waals surface area contributed by atoms with Crippen LogP contribution in [0.1, 0.15) is 33.1 Å². The van der Waals surface area contributed by atoms with Gasteiger partial charge in [0.1, 0.15) is 0 Å². The number of hydrogen-bond acceptors (Lipinski definition) is 3. The van der Waals surface area contributed by atoms with Crippen LogP contribution in [-0.4, -0.2) is 72.1 Å². The third-order valence-corrected chi connectivity index (χ3v) is 5.26. The highest BCUT2D eigenvalue weighted by molar-refractivity contribution is 5.02. The fourth-order valence-corrected chi connectivity index (χ4v) is 4.14. The van der Waals surface area contributed by atoms with E-state index in [1.54, 1.807) is 0 Å². The fraction of sp³-hybridized carbons (Fsp3) is 1.00. The molecule has 2 atom stereocenters. The highest BCUT2D eigenvalue weighted by Gasteiger charge is 2.45. The molecule has 4 aliphatic heterocycles. The van der Waals surface area contributed by atoms with Gasteiger partial charge in [0.15, 0.2) is 0 Å². The van der Waals surface area contributed by atoms with E-state index in [0.717, 1.165) is 18.1 Å². The first-order chi connectivity index (χ1) is 8.31. The molecule has 4 rings (SSSR count). The van der Waals surface area contributed by atoms with Crippen molar-refractivity contribution in [1.29, 1.82) is 0 Å². The topological polar surface area (TPSA) is 9.72 Å². The molecule has 2 unspecified atom stereocenters. The molecule has 0 N–H and O–H groups in total. The Morgan fingerprint density at radius 1 is 0.882 bits per heavy atom. The second kappa shape index (κ2) is 4.87. The van der Waals surface area contributed by atoms with Crippen LogP contribution in [-0.2, 0) is 0 Å². The smallest absolute Gasteiger partial charge is 0.0242 e. The highest BCUT2D eigenvalue weighted by Crippen LogP contribution is 2.34. The van der Waals surface area contributed by atoms with Crippen LogP contribution in [0.4, 0.5) is 0 Å². The SMILES string of the molecule is CCN1CCC(N2CC3CC(C2)N3CC)CC1. The predicted molar refractivity (Wildman–Crippen MR) is 71.3 cm³/mol. The molecule has 3 heteroatoms. The Balaban J connectivity index is 1.51. The maximum Gasteiger partial charge on any atom is 0.0242 e. The molecular formula is C14H27N3. The van der Waals surface area contributed by atoms with Crippen LogP contribution in [0.25, 0.3) is 0 Å². The summed E-state index contributed by atoms with van der Waals surface area (Å²) in [6, 6.07) is 2.67. The zero-order valence-electron chi connectivity index (χ0n) is 11.4. The Bertz CT molecular complexity index is 248. The monoisotopic (exact) mass is 237 g/mol. The molecule has 0 saturated carbocycles. The normalized spacial score (nSPS) is 37.1. The van der Waals surface area contributed by atoms with E-state index in [-0.39, 0.29) is 0 Å². The minimum Gasteiger partial charge on any atom is -0.303 e. The molecule has 0 amide bonds. The first kappa shape index (κ1) is 11.9. The lowest BCUT2D eigenvalue weighted by molar-refractivity contribution is -0.0851. The van der Waals surface area contributed by atoms with E-state index in [2.05, 4.69) is 28.5 Å². The zero-order chi connectivity index (χ0) is 11.8. The first-order valence-corrected chi connectivity index (χ1v) is 7.54. The molecule has 0 aliphatic carbocycles. The van der Waals surface area contributed by atoms with Crippen molar-refractivity contribution >= 4 is 0 Å². The Kier molecular flexibility index (Phi) is 3.42. The van der Waals surface area contributed by atoms with E-state index in [9.17, 15) is 0 Å². The summed E-state index contributed by atoms with van der Waals surface area (Å²) in [4.78, 5) is 8.11. The summed E-state index contributed by atoms with van der Waals surface area (Å²) in [5.41, 5.74) is 0. The van der Waals surface area contributed by atoms with Gasteiger partial charge in [0.25, 0.3) is 0 Å². The lowest BCUT2D eigenvalue weighted by Crippen LogP contribution is -2.70. The molecule has 4 heterocycles. The third kappa shape index (κ3) is 2.13. The summed E-state index contributed by atoms with van der Waals surface area (Å²) in [5.74, 6) is 0. The molecular weight excluding hydrogens is 210 g/mol. The van der Waals surface area contributed by atoms with Crippen LogP contribution in [0.2, 0.25) is 0 Å². The predicted octanol–water partition coefficient (Wildman–Crippen LogP) is 1.25. The van der Waals surface area contributed by atoms with Gasteiger partial charge in [-0.2, -0.15) is 0 Å². The van der Waals surface area contributed by atoms with E-state index < -0.39 is 0 Å². The Labute approximate surface area is 106 Å². The summed E-state index contributed by atoms with van der Waals surface area (Å²) in [7, 11) is 0. The maximum absolute atomic E-state index is 2.80. The van der Waals surface area contributed by atoms with Crippen LogP contribution >= 0.6 is 0 Å². The Morgan fingerprint density at radius 3 is 2.06 bits per heavy atom. The average molecular weight is 237 g/mol. The van der Waals surface area contributed by atoms with Crippen LogP contribution in [0.3, 0.4) is 0 Å². The zero-order valence-corrected chi connectivity index (χ0v) is 11.4. The molecule has 4 saturated heterocycles. The molecule has 2 bridgehead atoms. The molecule has 4 aliphatic rings. The van der Waals surface area contributed by atoms with E-state index in [0.29, 0.717) is 0 Å². The minimum absolute atomic E-state index is 0.891. The van der Waals surface area contributed by atoms with Gasteiger partial charge < -0.3 is 4.90 Å². The minimum atomic E-state index is 0.891. The number of piperazine rings is 1. The van der Waals surface area contributed by atoms with Gasteiger partial charge in [-0.15, -0.1) is 0 Å². The molecule has 0 spiro atoms.